The van der Waals surface area contributed by atoms with Crippen molar-refractivity contribution in [2.24, 2.45) is 5.92 Å². The molecule has 1 unspecified atom stereocenters. The lowest BCUT2D eigenvalue weighted by atomic mass is 9.98. The highest BCUT2D eigenvalue weighted by atomic mass is 32.2. The molecule has 0 spiro atoms. The van der Waals surface area contributed by atoms with Crippen LogP contribution in [-0.2, 0) is 19.6 Å². The second-order valence-corrected chi connectivity index (χ2v) is 8.46. The molecule has 8 heteroatoms. The molecule has 1 saturated heterocycles. The molecular formula is C18H23N3O4S. The van der Waals surface area contributed by atoms with Crippen LogP contribution in [-0.4, -0.2) is 56.2 Å². The predicted octanol–water partition coefficient (Wildman–Crippen LogP) is 1.86. The van der Waals surface area contributed by atoms with E-state index in [0.717, 1.165) is 10.9 Å². The van der Waals surface area contributed by atoms with E-state index in [4.69, 9.17) is 4.74 Å². The number of carbonyl (C=O) groups is 1. The average Bonchev–Trinajstić information content (AvgIpc) is 2.67. The number of aromatic nitrogens is 1. The van der Waals surface area contributed by atoms with Crippen molar-refractivity contribution in [2.45, 2.75) is 12.8 Å². The largest absolute Gasteiger partial charge is 0.384 e. The number of rotatable bonds is 6. The molecule has 1 atom stereocenters. The number of methoxy groups -OCH3 is 1. The first-order valence-electron chi connectivity index (χ1n) is 8.62. The minimum absolute atomic E-state index is 0.0644. The third-order valence-electron chi connectivity index (χ3n) is 4.58. The highest BCUT2D eigenvalue weighted by Crippen LogP contribution is 2.24. The van der Waals surface area contributed by atoms with Gasteiger partial charge >= 0.3 is 0 Å². The summed E-state index contributed by atoms with van der Waals surface area (Å²) in [6.45, 7) is 0.805. The number of ether oxygens (including phenoxy) is 1. The fourth-order valence-electron chi connectivity index (χ4n) is 3.17. The van der Waals surface area contributed by atoms with Gasteiger partial charge in [0.1, 0.15) is 0 Å². The van der Waals surface area contributed by atoms with E-state index in [-0.39, 0.29) is 30.7 Å². The van der Waals surface area contributed by atoms with Crippen molar-refractivity contribution >= 4 is 32.5 Å². The Morgan fingerprint density at radius 3 is 2.96 bits per heavy atom. The molecule has 0 bridgehead atoms. The van der Waals surface area contributed by atoms with Gasteiger partial charge in [-0.1, -0.05) is 18.2 Å². The molecule has 7 nitrogen and oxygen atoms in total. The SMILES string of the molecule is COCCS(=O)(=O)N1CCCC(C(=O)Nc2cccc3cccnc23)C1. The number of carbonyl (C=O) groups excluding carboxylic acids is 1. The maximum Gasteiger partial charge on any atom is 0.228 e. The molecule has 1 N–H and O–H groups in total. The van der Waals surface area contributed by atoms with E-state index in [9.17, 15) is 13.2 Å². The summed E-state index contributed by atoms with van der Waals surface area (Å²) in [6.07, 6.45) is 3.02. The maximum absolute atomic E-state index is 12.7. The van der Waals surface area contributed by atoms with Gasteiger partial charge in [0.25, 0.3) is 0 Å². The van der Waals surface area contributed by atoms with E-state index >= 15 is 0 Å². The minimum atomic E-state index is -3.40. The molecule has 140 valence electrons. The van der Waals surface area contributed by atoms with E-state index in [1.54, 1.807) is 6.20 Å². The molecular weight excluding hydrogens is 354 g/mol. The van der Waals surface area contributed by atoms with Gasteiger partial charge in [0.2, 0.25) is 15.9 Å². The summed E-state index contributed by atoms with van der Waals surface area (Å²) in [7, 11) is -1.93. The Morgan fingerprint density at radius 2 is 2.15 bits per heavy atom. The van der Waals surface area contributed by atoms with Crippen LogP contribution in [0.15, 0.2) is 36.5 Å². The zero-order valence-corrected chi connectivity index (χ0v) is 15.5. The van der Waals surface area contributed by atoms with Gasteiger partial charge in [0.05, 0.1) is 29.5 Å². The number of fused-ring (bicyclic) bond motifs is 1. The van der Waals surface area contributed by atoms with Crippen LogP contribution in [0.1, 0.15) is 12.8 Å². The van der Waals surface area contributed by atoms with Gasteiger partial charge in [-0.25, -0.2) is 12.7 Å². The Morgan fingerprint density at radius 1 is 1.35 bits per heavy atom. The topological polar surface area (TPSA) is 88.6 Å². The molecule has 1 amide bonds. The van der Waals surface area contributed by atoms with Crippen LogP contribution in [0.2, 0.25) is 0 Å². The highest BCUT2D eigenvalue weighted by molar-refractivity contribution is 7.89. The number of anilines is 1. The van der Waals surface area contributed by atoms with E-state index in [0.29, 0.717) is 25.1 Å². The second kappa shape index (κ2) is 8.11. The van der Waals surface area contributed by atoms with Crippen molar-refractivity contribution in [3.8, 4) is 0 Å². The van der Waals surface area contributed by atoms with Crippen LogP contribution in [0.5, 0.6) is 0 Å². The summed E-state index contributed by atoms with van der Waals surface area (Å²) in [5.41, 5.74) is 1.37. The van der Waals surface area contributed by atoms with Gasteiger partial charge in [0.15, 0.2) is 0 Å². The van der Waals surface area contributed by atoms with E-state index in [1.807, 2.05) is 30.3 Å². The standard InChI is InChI=1S/C18H23N3O4S/c1-25-11-12-26(23,24)21-10-4-7-15(13-21)18(22)20-16-8-2-5-14-6-3-9-19-17(14)16/h2-3,5-6,8-9,15H,4,7,10-13H2,1H3,(H,20,22). The van der Waals surface area contributed by atoms with Gasteiger partial charge in [-0.2, -0.15) is 0 Å². The average molecular weight is 377 g/mol. The van der Waals surface area contributed by atoms with Crippen molar-refractivity contribution in [2.75, 3.05) is 37.9 Å². The van der Waals surface area contributed by atoms with Gasteiger partial charge in [-0.05, 0) is 25.0 Å². The number of para-hydroxylation sites is 1. The molecule has 0 saturated carbocycles. The molecule has 1 aliphatic heterocycles. The smallest absolute Gasteiger partial charge is 0.228 e. The number of pyridine rings is 1. The first-order chi connectivity index (χ1) is 12.5. The fourth-order valence-corrected chi connectivity index (χ4v) is 4.62. The number of benzene rings is 1. The quantitative estimate of drug-likeness (QED) is 0.830. The number of piperidine rings is 1. The Hall–Kier alpha value is -2.03. The van der Waals surface area contributed by atoms with Gasteiger partial charge in [-0.3, -0.25) is 9.78 Å². The Labute approximate surface area is 153 Å². The molecule has 2 heterocycles. The molecule has 1 aromatic carbocycles. The first-order valence-corrected chi connectivity index (χ1v) is 10.2. The van der Waals surface area contributed by atoms with E-state index in [1.165, 1.54) is 11.4 Å². The Balaban J connectivity index is 1.71. The summed E-state index contributed by atoms with van der Waals surface area (Å²) in [6, 6.07) is 9.38. The third kappa shape index (κ3) is 4.20. The van der Waals surface area contributed by atoms with Crippen LogP contribution in [0.3, 0.4) is 0 Å². The molecule has 1 fully saturated rings. The summed E-state index contributed by atoms with van der Waals surface area (Å²) >= 11 is 0. The number of nitrogens with zero attached hydrogens (tertiary/aromatic N) is 2. The van der Waals surface area contributed by atoms with Gasteiger partial charge in [0, 0.05) is 31.8 Å². The third-order valence-corrected chi connectivity index (χ3v) is 6.39. The van der Waals surface area contributed by atoms with Crippen LogP contribution < -0.4 is 5.32 Å². The lowest BCUT2D eigenvalue weighted by Crippen LogP contribution is -2.45. The molecule has 1 aliphatic rings. The Bertz CT molecular complexity index is 880. The lowest BCUT2D eigenvalue weighted by molar-refractivity contribution is -0.120. The van der Waals surface area contributed by atoms with Crippen LogP contribution >= 0.6 is 0 Å². The predicted molar refractivity (Wildman–Crippen MR) is 100 cm³/mol. The summed E-state index contributed by atoms with van der Waals surface area (Å²) < 4.78 is 31.0. The van der Waals surface area contributed by atoms with Crippen molar-refractivity contribution in [1.29, 1.82) is 0 Å². The Kier molecular flexibility index (Phi) is 5.85. The van der Waals surface area contributed by atoms with Crippen molar-refractivity contribution < 1.29 is 17.9 Å². The van der Waals surface area contributed by atoms with Crippen molar-refractivity contribution in [1.82, 2.24) is 9.29 Å². The summed E-state index contributed by atoms with van der Waals surface area (Å²) in [4.78, 5) is 17.0. The molecule has 1 aromatic heterocycles. The summed E-state index contributed by atoms with van der Waals surface area (Å²) in [5, 5.41) is 3.86. The number of amides is 1. The van der Waals surface area contributed by atoms with E-state index < -0.39 is 10.0 Å². The van der Waals surface area contributed by atoms with E-state index in [2.05, 4.69) is 10.3 Å². The van der Waals surface area contributed by atoms with Crippen LogP contribution in [0.4, 0.5) is 5.69 Å². The fraction of sp³-hybridized carbons (Fsp3) is 0.444. The molecule has 2 aromatic rings. The first kappa shape index (κ1) is 18.8. The lowest BCUT2D eigenvalue weighted by Gasteiger charge is -2.31. The van der Waals surface area contributed by atoms with Crippen LogP contribution in [0, 0.1) is 5.92 Å². The monoisotopic (exact) mass is 377 g/mol. The zero-order valence-electron chi connectivity index (χ0n) is 14.7. The number of hydrogen-bond acceptors (Lipinski definition) is 5. The zero-order chi connectivity index (χ0) is 18.6. The summed E-state index contributed by atoms with van der Waals surface area (Å²) in [5.74, 6) is -0.611. The highest BCUT2D eigenvalue weighted by Gasteiger charge is 2.32. The molecule has 3 rings (SSSR count). The molecule has 26 heavy (non-hydrogen) atoms. The minimum Gasteiger partial charge on any atom is -0.384 e. The van der Waals surface area contributed by atoms with Crippen LogP contribution in [0.25, 0.3) is 10.9 Å². The van der Waals surface area contributed by atoms with Crippen molar-refractivity contribution in [3.05, 3.63) is 36.5 Å². The van der Waals surface area contributed by atoms with Gasteiger partial charge in [-0.15, -0.1) is 0 Å². The molecule has 0 radical (unpaired) electrons. The van der Waals surface area contributed by atoms with Gasteiger partial charge < -0.3 is 10.1 Å². The number of nitrogens with one attached hydrogen (secondary N) is 1. The number of sulfonamides is 1. The number of hydrogen-bond donors (Lipinski definition) is 1. The normalized spacial score (nSPS) is 18.7. The molecule has 0 aliphatic carbocycles. The van der Waals surface area contributed by atoms with Crippen molar-refractivity contribution in [3.63, 3.8) is 0 Å². The second-order valence-electron chi connectivity index (χ2n) is 6.38. The maximum atomic E-state index is 12.7.